The second-order valence-electron chi connectivity index (χ2n) is 5.74. The first-order valence-electron chi connectivity index (χ1n) is 8.05. The number of aryl methyl sites for hydroxylation is 1. The lowest BCUT2D eigenvalue weighted by atomic mass is 10.1. The quantitative estimate of drug-likeness (QED) is 0.528. The van der Waals surface area contributed by atoms with Crippen LogP contribution in [0.3, 0.4) is 0 Å². The molecule has 0 unspecified atom stereocenters. The number of thiazole rings is 1. The average Bonchev–Trinajstić information content (AvgIpc) is 3.26. The molecular weight excluding hydrogens is 352 g/mol. The van der Waals surface area contributed by atoms with Gasteiger partial charge in [0, 0.05) is 18.2 Å². The number of amides is 1. The second kappa shape index (κ2) is 7.54. The summed E-state index contributed by atoms with van der Waals surface area (Å²) in [5.74, 6) is 0.630. The van der Waals surface area contributed by atoms with Gasteiger partial charge in [0.05, 0.1) is 24.6 Å². The lowest BCUT2D eigenvalue weighted by molar-refractivity contribution is 0.103. The molecule has 0 bridgehead atoms. The topological polar surface area (TPSA) is 118 Å². The van der Waals surface area contributed by atoms with Crippen molar-refractivity contribution in [3.8, 4) is 5.75 Å². The highest BCUT2D eigenvalue weighted by Crippen LogP contribution is 2.29. The van der Waals surface area contributed by atoms with Crippen molar-refractivity contribution in [1.82, 2.24) is 14.8 Å². The molecule has 9 heteroatoms. The fourth-order valence-electron chi connectivity index (χ4n) is 2.49. The van der Waals surface area contributed by atoms with Gasteiger partial charge in [-0.2, -0.15) is 5.10 Å². The van der Waals surface area contributed by atoms with E-state index in [1.807, 2.05) is 13.0 Å². The van der Waals surface area contributed by atoms with Gasteiger partial charge >= 0.3 is 0 Å². The zero-order valence-electron chi connectivity index (χ0n) is 14.5. The van der Waals surface area contributed by atoms with Crippen LogP contribution in [0, 0.1) is 13.8 Å². The molecule has 2 aromatic heterocycles. The van der Waals surface area contributed by atoms with E-state index in [1.165, 1.54) is 17.5 Å². The fraction of sp³-hybridized carbons (Fsp3) is 0.235. The third-order valence-corrected chi connectivity index (χ3v) is 4.82. The van der Waals surface area contributed by atoms with Crippen molar-refractivity contribution in [3.05, 3.63) is 46.6 Å². The molecular formula is C17H20N6O2S. The largest absolute Gasteiger partial charge is 0.508 e. The molecule has 26 heavy (non-hydrogen) atoms. The van der Waals surface area contributed by atoms with Gasteiger partial charge in [0.1, 0.15) is 16.4 Å². The van der Waals surface area contributed by atoms with Gasteiger partial charge in [0.15, 0.2) is 5.13 Å². The number of carbonyl (C=O) groups excluding carboxylic acids is 1. The molecule has 136 valence electrons. The maximum atomic E-state index is 12.5. The number of hydrogen-bond donors (Lipinski definition) is 4. The zero-order valence-corrected chi connectivity index (χ0v) is 15.3. The van der Waals surface area contributed by atoms with Crippen LogP contribution < -0.4 is 16.4 Å². The molecule has 0 spiro atoms. The standard InChI is InChI=1S/C17H20N6O2S/c1-10-3-4-12(24)11(2)15(10)22-16(25)13-9-19-17(26-13)21-14-5-7-20-23(14)8-6-18/h3-5,7,9,24H,6,8,18H2,1-2H3,(H,19,21)(H,22,25). The zero-order chi connectivity index (χ0) is 18.7. The highest BCUT2D eigenvalue weighted by molar-refractivity contribution is 7.17. The van der Waals surface area contributed by atoms with Gasteiger partial charge in [-0.3, -0.25) is 4.79 Å². The summed E-state index contributed by atoms with van der Waals surface area (Å²) in [7, 11) is 0. The van der Waals surface area contributed by atoms with Gasteiger partial charge in [-0.1, -0.05) is 17.4 Å². The van der Waals surface area contributed by atoms with E-state index in [2.05, 4.69) is 20.7 Å². The molecule has 0 saturated heterocycles. The van der Waals surface area contributed by atoms with Gasteiger partial charge in [-0.25, -0.2) is 9.67 Å². The summed E-state index contributed by atoms with van der Waals surface area (Å²) in [6, 6.07) is 5.19. The molecule has 1 aromatic carbocycles. The molecule has 0 aliphatic heterocycles. The minimum Gasteiger partial charge on any atom is -0.508 e. The maximum Gasteiger partial charge on any atom is 0.267 e. The van der Waals surface area contributed by atoms with Gasteiger partial charge in [0.25, 0.3) is 5.91 Å². The third kappa shape index (κ3) is 3.68. The molecule has 3 aromatic rings. The molecule has 0 radical (unpaired) electrons. The molecule has 5 N–H and O–H groups in total. The van der Waals surface area contributed by atoms with E-state index in [9.17, 15) is 9.90 Å². The van der Waals surface area contributed by atoms with E-state index in [0.717, 1.165) is 11.4 Å². The number of aromatic hydroxyl groups is 1. The Bertz CT molecular complexity index is 933. The number of carbonyl (C=O) groups is 1. The fourth-order valence-corrected chi connectivity index (χ4v) is 3.21. The minimum atomic E-state index is -0.275. The van der Waals surface area contributed by atoms with Crippen LogP contribution in [-0.2, 0) is 6.54 Å². The van der Waals surface area contributed by atoms with Crippen molar-refractivity contribution >= 4 is 33.9 Å². The Balaban J connectivity index is 1.74. The number of nitrogens with zero attached hydrogens (tertiary/aromatic N) is 3. The van der Waals surface area contributed by atoms with Crippen molar-refractivity contribution in [1.29, 1.82) is 0 Å². The number of phenols is 1. The Hall–Kier alpha value is -2.91. The molecule has 3 rings (SSSR count). The van der Waals surface area contributed by atoms with Crippen LogP contribution in [0.15, 0.2) is 30.6 Å². The molecule has 0 aliphatic rings. The average molecular weight is 372 g/mol. The smallest absolute Gasteiger partial charge is 0.267 e. The van der Waals surface area contributed by atoms with E-state index in [0.29, 0.717) is 34.3 Å². The Morgan fingerprint density at radius 3 is 2.92 bits per heavy atom. The van der Waals surface area contributed by atoms with Gasteiger partial charge in [0.2, 0.25) is 0 Å². The van der Waals surface area contributed by atoms with Crippen molar-refractivity contribution in [2.45, 2.75) is 20.4 Å². The molecule has 1 amide bonds. The number of phenolic OH excluding ortho intramolecular Hbond substituents is 1. The number of nitrogens with two attached hydrogens (primary N) is 1. The highest BCUT2D eigenvalue weighted by atomic mass is 32.1. The molecule has 0 saturated carbocycles. The first-order valence-corrected chi connectivity index (χ1v) is 8.86. The van der Waals surface area contributed by atoms with Gasteiger partial charge in [-0.05, 0) is 25.5 Å². The summed E-state index contributed by atoms with van der Waals surface area (Å²) >= 11 is 1.23. The molecule has 8 nitrogen and oxygen atoms in total. The summed E-state index contributed by atoms with van der Waals surface area (Å²) in [6.07, 6.45) is 3.19. The van der Waals surface area contributed by atoms with E-state index in [-0.39, 0.29) is 11.7 Å². The van der Waals surface area contributed by atoms with Crippen LogP contribution in [0.2, 0.25) is 0 Å². The third-order valence-electron chi connectivity index (χ3n) is 3.91. The Kier molecular flexibility index (Phi) is 5.19. The summed E-state index contributed by atoms with van der Waals surface area (Å²) in [5, 5.41) is 20.6. The number of hydrogen-bond acceptors (Lipinski definition) is 7. The summed E-state index contributed by atoms with van der Waals surface area (Å²) in [6.45, 7) is 4.70. The molecule has 2 heterocycles. The monoisotopic (exact) mass is 372 g/mol. The summed E-state index contributed by atoms with van der Waals surface area (Å²) < 4.78 is 1.74. The minimum absolute atomic E-state index is 0.144. The predicted molar refractivity (Wildman–Crippen MR) is 102 cm³/mol. The molecule has 0 atom stereocenters. The Labute approximate surface area is 154 Å². The first kappa shape index (κ1) is 17.9. The van der Waals surface area contributed by atoms with Crippen LogP contribution >= 0.6 is 11.3 Å². The first-order chi connectivity index (χ1) is 12.5. The number of aromatic nitrogens is 3. The Morgan fingerprint density at radius 2 is 2.15 bits per heavy atom. The summed E-state index contributed by atoms with van der Waals surface area (Å²) in [4.78, 5) is 17.2. The van der Waals surface area contributed by atoms with Crippen LogP contribution in [0.25, 0.3) is 0 Å². The van der Waals surface area contributed by atoms with E-state index >= 15 is 0 Å². The van der Waals surface area contributed by atoms with Crippen LogP contribution in [0.5, 0.6) is 5.75 Å². The number of nitrogens with one attached hydrogen (secondary N) is 2. The van der Waals surface area contributed by atoms with E-state index in [1.54, 1.807) is 29.9 Å². The van der Waals surface area contributed by atoms with E-state index in [4.69, 9.17) is 5.73 Å². The van der Waals surface area contributed by atoms with Crippen LogP contribution in [0.4, 0.5) is 16.6 Å². The summed E-state index contributed by atoms with van der Waals surface area (Å²) in [5.41, 5.74) is 7.68. The van der Waals surface area contributed by atoms with Crippen molar-refractivity contribution in [3.63, 3.8) is 0 Å². The lowest BCUT2D eigenvalue weighted by Crippen LogP contribution is -2.13. The Morgan fingerprint density at radius 1 is 1.35 bits per heavy atom. The maximum absolute atomic E-state index is 12.5. The molecule has 0 aliphatic carbocycles. The van der Waals surface area contributed by atoms with E-state index < -0.39 is 0 Å². The predicted octanol–water partition coefficient (Wildman–Crippen LogP) is 2.62. The van der Waals surface area contributed by atoms with Gasteiger partial charge in [-0.15, -0.1) is 0 Å². The van der Waals surface area contributed by atoms with Crippen LogP contribution in [-0.4, -0.2) is 32.3 Å². The van der Waals surface area contributed by atoms with Crippen molar-refractivity contribution in [2.24, 2.45) is 5.73 Å². The van der Waals surface area contributed by atoms with Crippen LogP contribution in [0.1, 0.15) is 20.8 Å². The molecule has 0 fully saturated rings. The van der Waals surface area contributed by atoms with Crippen molar-refractivity contribution in [2.75, 3.05) is 17.2 Å². The normalized spacial score (nSPS) is 10.7. The van der Waals surface area contributed by atoms with Crippen molar-refractivity contribution < 1.29 is 9.90 Å². The lowest BCUT2D eigenvalue weighted by Gasteiger charge is -2.12. The van der Waals surface area contributed by atoms with Gasteiger partial charge < -0.3 is 21.5 Å². The SMILES string of the molecule is Cc1ccc(O)c(C)c1NC(=O)c1cnc(Nc2ccnn2CCN)s1. The number of benzene rings is 1. The number of anilines is 3. The number of rotatable bonds is 6. The highest BCUT2D eigenvalue weighted by Gasteiger charge is 2.15. The second-order valence-corrected chi connectivity index (χ2v) is 6.77.